The van der Waals surface area contributed by atoms with Crippen LogP contribution in [-0.2, 0) is 19.1 Å². The Morgan fingerprint density at radius 1 is 1.09 bits per heavy atom. The quantitative estimate of drug-likeness (QED) is 0.182. The maximum atomic E-state index is 13.8. The highest BCUT2D eigenvalue weighted by molar-refractivity contribution is 8.03. The molecule has 0 bridgehead atoms. The van der Waals surface area contributed by atoms with E-state index in [0.29, 0.717) is 22.6 Å². The number of hydrogen-bond acceptors (Lipinski definition) is 7. The van der Waals surface area contributed by atoms with Crippen LogP contribution >= 0.6 is 0 Å². The molecule has 1 fully saturated rings. The highest BCUT2D eigenvalue weighted by Gasteiger charge is 2.49. The van der Waals surface area contributed by atoms with Gasteiger partial charge in [0.05, 0.1) is 5.55 Å². The molecule has 2 aromatic carbocycles. The number of nitrogens with two attached hydrogens (primary N) is 1. The Morgan fingerprint density at radius 3 is 2.30 bits per heavy atom. The third-order valence-corrected chi connectivity index (χ3v) is 8.48. The average molecular weight is 479 g/mol. The van der Waals surface area contributed by atoms with Gasteiger partial charge in [0.15, 0.2) is 0 Å². The van der Waals surface area contributed by atoms with Crippen molar-refractivity contribution in [1.82, 2.24) is 5.48 Å². The summed E-state index contributed by atoms with van der Waals surface area (Å²) in [5, 5.41) is 19.2. The molecular formula is C22H26N2O8S. The van der Waals surface area contributed by atoms with Gasteiger partial charge in [0.1, 0.15) is 29.5 Å². The summed E-state index contributed by atoms with van der Waals surface area (Å²) in [7, 11) is -3.41. The minimum Gasteiger partial charge on any atom is -0.490 e. The van der Waals surface area contributed by atoms with E-state index < -0.39 is 26.1 Å². The van der Waals surface area contributed by atoms with Gasteiger partial charge in [-0.3, -0.25) is 19.0 Å². The van der Waals surface area contributed by atoms with Crippen molar-refractivity contribution in [3.05, 3.63) is 54.1 Å². The second-order valence-electron chi connectivity index (χ2n) is 7.31. The zero-order chi connectivity index (χ0) is 23.9. The maximum absolute atomic E-state index is 13.8. The Hall–Kier alpha value is -3.12. The SMILES string of the molecule is NC(=O)c1cccc(OCCOc2ccc(S(=O)(=CO)C3(C(=O)NO)CCOCC3)cc2)c1. The van der Waals surface area contributed by atoms with E-state index in [1.165, 1.54) is 18.2 Å². The first-order valence-corrected chi connectivity index (χ1v) is 11.8. The van der Waals surface area contributed by atoms with Gasteiger partial charge in [-0.05, 0) is 55.3 Å². The van der Waals surface area contributed by atoms with Crippen molar-refractivity contribution in [2.24, 2.45) is 5.73 Å². The minimum absolute atomic E-state index is 0.0713. The first-order valence-electron chi connectivity index (χ1n) is 10.2. The summed E-state index contributed by atoms with van der Waals surface area (Å²) in [6, 6.07) is 12.6. The zero-order valence-corrected chi connectivity index (χ0v) is 18.6. The van der Waals surface area contributed by atoms with Crippen molar-refractivity contribution in [1.29, 1.82) is 0 Å². The van der Waals surface area contributed by atoms with Crippen LogP contribution in [0.2, 0.25) is 0 Å². The normalized spacial score (nSPS) is 16.8. The molecule has 1 unspecified atom stereocenters. The molecule has 1 atom stereocenters. The van der Waals surface area contributed by atoms with Gasteiger partial charge in [0.25, 0.3) is 5.91 Å². The largest absolute Gasteiger partial charge is 0.490 e. The number of nitrogens with one attached hydrogen (secondary N) is 1. The van der Waals surface area contributed by atoms with E-state index in [-0.39, 0.29) is 44.2 Å². The van der Waals surface area contributed by atoms with E-state index in [2.05, 4.69) is 0 Å². The molecule has 11 heteroatoms. The number of aliphatic hydroxyl groups excluding tert-OH is 1. The fraction of sp³-hybridized carbons (Fsp3) is 0.318. The molecule has 3 rings (SSSR count). The molecule has 0 saturated carbocycles. The number of hydrogen-bond donors (Lipinski definition) is 4. The molecule has 1 aliphatic heterocycles. The van der Waals surface area contributed by atoms with E-state index in [0.717, 1.165) is 0 Å². The van der Waals surface area contributed by atoms with E-state index in [4.69, 9.17) is 19.9 Å². The number of aliphatic hydroxyl groups is 1. The summed E-state index contributed by atoms with van der Waals surface area (Å²) in [4.78, 5) is 23.9. The lowest BCUT2D eigenvalue weighted by Crippen LogP contribution is -2.55. The molecule has 2 amide bonds. The van der Waals surface area contributed by atoms with Gasteiger partial charge >= 0.3 is 0 Å². The van der Waals surface area contributed by atoms with Crippen LogP contribution in [0, 0.1) is 0 Å². The molecule has 0 aliphatic carbocycles. The summed E-state index contributed by atoms with van der Waals surface area (Å²) in [5.41, 5.74) is 7.71. The summed E-state index contributed by atoms with van der Waals surface area (Å²) in [6.45, 7) is 0.727. The third-order valence-electron chi connectivity index (χ3n) is 5.46. The standard InChI is InChI=1S/C22H26N2O8S/c23-20(26)16-2-1-3-18(14-16)32-13-12-31-17-4-6-19(7-5-17)33(29,15-25)22(21(27)24-28)8-10-30-11-9-22/h1-7,14-15,25,28H,8-13H2,(H2,23,26)(H,24,27). The van der Waals surface area contributed by atoms with Crippen molar-refractivity contribution in [2.45, 2.75) is 22.5 Å². The monoisotopic (exact) mass is 478 g/mol. The fourth-order valence-electron chi connectivity index (χ4n) is 3.65. The lowest BCUT2D eigenvalue weighted by molar-refractivity contribution is -0.134. The topological polar surface area (TPSA) is 157 Å². The molecule has 10 nitrogen and oxygen atoms in total. The van der Waals surface area contributed by atoms with Gasteiger partial charge in [-0.25, -0.2) is 5.48 Å². The molecule has 1 heterocycles. The molecule has 1 saturated heterocycles. The number of carbonyl (C=O) groups excluding carboxylic acids is 2. The first kappa shape index (κ1) is 24.5. The molecule has 0 radical (unpaired) electrons. The summed E-state index contributed by atoms with van der Waals surface area (Å²) >= 11 is 0. The first-order chi connectivity index (χ1) is 15.9. The van der Waals surface area contributed by atoms with Crippen molar-refractivity contribution in [3.63, 3.8) is 0 Å². The molecule has 0 spiro atoms. The Bertz CT molecular complexity index is 1100. The van der Waals surface area contributed by atoms with Crippen molar-refractivity contribution in [3.8, 4) is 11.5 Å². The van der Waals surface area contributed by atoms with Crippen LogP contribution in [0.15, 0.2) is 53.4 Å². The Balaban J connectivity index is 1.67. The number of carbonyl (C=O) groups is 2. The Morgan fingerprint density at radius 2 is 1.73 bits per heavy atom. The molecule has 0 aromatic heterocycles. The Kier molecular flexibility index (Phi) is 7.92. The number of amides is 2. The predicted octanol–water partition coefficient (Wildman–Crippen LogP) is 1.26. The number of benzene rings is 2. The van der Waals surface area contributed by atoms with E-state index in [1.54, 1.807) is 35.8 Å². The van der Waals surface area contributed by atoms with Crippen LogP contribution in [0.5, 0.6) is 11.5 Å². The molecule has 1 aliphatic rings. The zero-order valence-electron chi connectivity index (χ0n) is 17.8. The van der Waals surface area contributed by atoms with Gasteiger partial charge in [0.2, 0.25) is 5.91 Å². The second kappa shape index (κ2) is 10.7. The molecular weight excluding hydrogens is 452 g/mol. The number of rotatable bonds is 9. The number of ether oxygens (including phenoxy) is 3. The molecule has 178 valence electrons. The van der Waals surface area contributed by atoms with Gasteiger partial charge in [-0.15, -0.1) is 0 Å². The van der Waals surface area contributed by atoms with Gasteiger partial charge in [-0.1, -0.05) is 6.07 Å². The van der Waals surface area contributed by atoms with E-state index >= 15 is 0 Å². The maximum Gasteiger partial charge on any atom is 0.262 e. The van der Waals surface area contributed by atoms with Crippen LogP contribution in [0.4, 0.5) is 0 Å². The average Bonchev–Trinajstić information content (AvgIpc) is 2.86. The highest BCUT2D eigenvalue weighted by Crippen LogP contribution is 2.36. The lowest BCUT2D eigenvalue weighted by atomic mass is 9.98. The lowest BCUT2D eigenvalue weighted by Gasteiger charge is -2.37. The molecule has 2 aromatic rings. The van der Waals surface area contributed by atoms with Crippen LogP contribution in [0.1, 0.15) is 23.2 Å². The molecule has 33 heavy (non-hydrogen) atoms. The van der Waals surface area contributed by atoms with Gasteiger partial charge < -0.3 is 25.1 Å². The van der Waals surface area contributed by atoms with Crippen LogP contribution < -0.4 is 20.7 Å². The number of hydroxylamine groups is 1. The van der Waals surface area contributed by atoms with Crippen LogP contribution in [0.25, 0.3) is 0 Å². The van der Waals surface area contributed by atoms with Crippen molar-refractivity contribution >= 4 is 26.9 Å². The fourth-order valence-corrected chi connectivity index (χ4v) is 6.06. The third kappa shape index (κ3) is 5.11. The molecule has 5 N–H and O–H groups in total. The Labute approximate surface area is 191 Å². The van der Waals surface area contributed by atoms with Gasteiger partial charge in [0, 0.05) is 33.2 Å². The minimum atomic E-state index is -3.41. The summed E-state index contributed by atoms with van der Waals surface area (Å²) < 4.78 is 28.7. The van der Waals surface area contributed by atoms with Gasteiger partial charge in [-0.2, -0.15) is 0 Å². The van der Waals surface area contributed by atoms with E-state index in [1.807, 2.05) is 0 Å². The second-order valence-corrected chi connectivity index (χ2v) is 9.98. The van der Waals surface area contributed by atoms with Crippen LogP contribution in [0.3, 0.4) is 0 Å². The smallest absolute Gasteiger partial charge is 0.262 e. The van der Waals surface area contributed by atoms with E-state index in [9.17, 15) is 24.1 Å². The van der Waals surface area contributed by atoms with Crippen molar-refractivity contribution < 1.29 is 38.3 Å². The van der Waals surface area contributed by atoms with Crippen LogP contribution in [-0.4, -0.2) is 63.1 Å². The number of primary amides is 1. The highest BCUT2D eigenvalue weighted by atomic mass is 32.2. The predicted molar refractivity (Wildman–Crippen MR) is 120 cm³/mol. The van der Waals surface area contributed by atoms with Crippen molar-refractivity contribution in [2.75, 3.05) is 26.4 Å². The summed E-state index contributed by atoms with van der Waals surface area (Å²) in [6.07, 6.45) is 0.143. The summed E-state index contributed by atoms with van der Waals surface area (Å²) in [5.74, 6) is -0.445.